The first-order valence-corrected chi connectivity index (χ1v) is 9.66. The molecular weight excluding hydrogens is 352 g/mol. The molecule has 4 aromatic rings. The Labute approximate surface area is 162 Å². The number of nitrogens with zero attached hydrogens (tertiary/aromatic N) is 5. The highest BCUT2D eigenvalue weighted by Gasteiger charge is 2.17. The Morgan fingerprint density at radius 2 is 1.86 bits per heavy atom. The van der Waals surface area contributed by atoms with Gasteiger partial charge in [-0.25, -0.2) is 9.50 Å². The predicted molar refractivity (Wildman–Crippen MR) is 108 cm³/mol. The second kappa shape index (κ2) is 6.53. The van der Waals surface area contributed by atoms with Crippen LogP contribution in [0.2, 0.25) is 0 Å². The highest BCUT2D eigenvalue weighted by Crippen LogP contribution is 2.25. The highest BCUT2D eigenvalue weighted by atomic mass is 16.1. The summed E-state index contributed by atoms with van der Waals surface area (Å²) in [4.78, 5) is 22.0. The Morgan fingerprint density at radius 1 is 1.04 bits per heavy atom. The molecule has 1 saturated heterocycles. The first-order valence-electron chi connectivity index (χ1n) is 9.66. The molecule has 142 valence electrons. The maximum atomic E-state index is 12.8. The Hall–Kier alpha value is -3.06. The van der Waals surface area contributed by atoms with E-state index in [1.54, 1.807) is 15.0 Å². The molecule has 5 rings (SSSR count). The predicted octanol–water partition coefficient (Wildman–Crippen LogP) is 2.49. The number of pyridine rings is 1. The second-order valence-electron chi connectivity index (χ2n) is 7.52. The summed E-state index contributed by atoms with van der Waals surface area (Å²) in [6.45, 7) is 5.94. The fourth-order valence-electron chi connectivity index (χ4n) is 4.06. The number of aromatic nitrogens is 5. The number of fused-ring (bicyclic) bond motifs is 2. The first-order chi connectivity index (χ1) is 13.6. The van der Waals surface area contributed by atoms with Crippen LogP contribution in [-0.2, 0) is 0 Å². The molecule has 0 aromatic carbocycles. The summed E-state index contributed by atoms with van der Waals surface area (Å²) < 4.78 is 3.45. The maximum absolute atomic E-state index is 12.8. The van der Waals surface area contributed by atoms with Crippen molar-refractivity contribution >= 4 is 11.2 Å². The minimum atomic E-state index is -0.0844. The zero-order valence-electron chi connectivity index (χ0n) is 16.0. The number of rotatable bonds is 2. The highest BCUT2D eigenvalue weighted by molar-refractivity contribution is 5.66. The van der Waals surface area contributed by atoms with Gasteiger partial charge < -0.3 is 5.32 Å². The smallest absolute Gasteiger partial charge is 0.258 e. The lowest BCUT2D eigenvalue weighted by molar-refractivity contribution is 0.459. The Morgan fingerprint density at radius 3 is 2.68 bits per heavy atom. The van der Waals surface area contributed by atoms with Gasteiger partial charge in [0.25, 0.3) is 5.56 Å². The van der Waals surface area contributed by atoms with E-state index in [0.29, 0.717) is 23.0 Å². The molecule has 0 unspecified atom stereocenters. The van der Waals surface area contributed by atoms with Crippen LogP contribution < -0.4 is 10.9 Å². The van der Waals surface area contributed by atoms with Crippen LogP contribution in [0.5, 0.6) is 0 Å². The van der Waals surface area contributed by atoms with Crippen molar-refractivity contribution in [1.29, 1.82) is 0 Å². The van der Waals surface area contributed by atoms with Crippen molar-refractivity contribution < 1.29 is 0 Å². The van der Waals surface area contributed by atoms with Gasteiger partial charge in [0.1, 0.15) is 11.3 Å². The van der Waals surface area contributed by atoms with E-state index in [1.165, 1.54) is 5.56 Å². The molecule has 0 bridgehead atoms. The zero-order valence-corrected chi connectivity index (χ0v) is 16.0. The Bertz CT molecular complexity index is 1250. The number of hydrogen-bond donors (Lipinski definition) is 1. The van der Waals surface area contributed by atoms with E-state index >= 15 is 0 Å². The summed E-state index contributed by atoms with van der Waals surface area (Å²) in [7, 11) is 0. The topological polar surface area (TPSA) is 76.6 Å². The number of aryl methyl sites for hydroxylation is 2. The average molecular weight is 374 g/mol. The van der Waals surface area contributed by atoms with Gasteiger partial charge in [0, 0.05) is 12.3 Å². The molecule has 0 spiro atoms. The molecule has 7 nitrogen and oxygen atoms in total. The fraction of sp³-hybridized carbons (Fsp3) is 0.333. The molecule has 0 amide bonds. The van der Waals surface area contributed by atoms with Gasteiger partial charge >= 0.3 is 0 Å². The van der Waals surface area contributed by atoms with Crippen molar-refractivity contribution in [2.45, 2.75) is 32.6 Å². The van der Waals surface area contributed by atoms with Gasteiger partial charge in [0.2, 0.25) is 0 Å². The van der Waals surface area contributed by atoms with Crippen molar-refractivity contribution in [3.05, 3.63) is 64.0 Å². The molecule has 0 aliphatic carbocycles. The summed E-state index contributed by atoms with van der Waals surface area (Å²) in [6, 6.07) is 7.54. The third-order valence-electron chi connectivity index (χ3n) is 5.52. The monoisotopic (exact) mass is 374 g/mol. The quantitative estimate of drug-likeness (QED) is 0.583. The molecule has 0 atom stereocenters. The minimum Gasteiger partial charge on any atom is -0.317 e. The Kier molecular flexibility index (Phi) is 3.98. The van der Waals surface area contributed by atoms with Crippen molar-refractivity contribution in [3.63, 3.8) is 0 Å². The lowest BCUT2D eigenvalue weighted by atomic mass is 9.91. The number of hydrogen-bond acceptors (Lipinski definition) is 5. The van der Waals surface area contributed by atoms with Crippen molar-refractivity contribution in [1.82, 2.24) is 29.3 Å². The minimum absolute atomic E-state index is 0.0844. The average Bonchev–Trinajstić information content (AvgIpc) is 3.13. The lowest BCUT2D eigenvalue weighted by Gasteiger charge is -2.23. The third kappa shape index (κ3) is 2.88. The van der Waals surface area contributed by atoms with E-state index < -0.39 is 0 Å². The SMILES string of the molecule is Cc1cn2nc(-c3cc(=O)n4cc(C5CCNCC5)ccc4n3)cc2c(C)n1. The molecule has 7 heteroatoms. The van der Waals surface area contributed by atoms with Crippen LogP contribution in [0.1, 0.15) is 35.7 Å². The summed E-state index contributed by atoms with van der Waals surface area (Å²) in [5.41, 5.74) is 5.75. The van der Waals surface area contributed by atoms with Crippen LogP contribution in [0.15, 0.2) is 41.5 Å². The second-order valence-corrected chi connectivity index (χ2v) is 7.52. The molecular formula is C21H22N6O. The third-order valence-corrected chi connectivity index (χ3v) is 5.52. The van der Waals surface area contributed by atoms with Gasteiger partial charge in [-0.15, -0.1) is 0 Å². The Balaban J connectivity index is 1.60. The number of piperidine rings is 1. The van der Waals surface area contributed by atoms with Gasteiger partial charge in [-0.3, -0.25) is 14.2 Å². The van der Waals surface area contributed by atoms with E-state index in [9.17, 15) is 4.79 Å². The summed E-state index contributed by atoms with van der Waals surface area (Å²) >= 11 is 0. The summed E-state index contributed by atoms with van der Waals surface area (Å²) in [5.74, 6) is 0.495. The van der Waals surface area contributed by atoms with Crippen molar-refractivity contribution in [2.24, 2.45) is 0 Å². The molecule has 1 fully saturated rings. The number of nitrogens with one attached hydrogen (secondary N) is 1. The van der Waals surface area contributed by atoms with Crippen LogP contribution >= 0.6 is 0 Å². The van der Waals surface area contributed by atoms with Gasteiger partial charge in [-0.1, -0.05) is 6.07 Å². The van der Waals surface area contributed by atoms with E-state index in [4.69, 9.17) is 4.98 Å². The van der Waals surface area contributed by atoms with E-state index in [0.717, 1.165) is 42.8 Å². The molecule has 1 aliphatic rings. The molecule has 0 saturated carbocycles. The molecule has 0 radical (unpaired) electrons. The summed E-state index contributed by atoms with van der Waals surface area (Å²) in [6.07, 6.45) is 6.02. The van der Waals surface area contributed by atoms with Gasteiger partial charge in [-0.05, 0) is 63.4 Å². The molecule has 4 aromatic heterocycles. The van der Waals surface area contributed by atoms with Crippen LogP contribution in [-0.4, -0.2) is 37.1 Å². The van der Waals surface area contributed by atoms with Crippen LogP contribution in [0.25, 0.3) is 22.6 Å². The molecule has 28 heavy (non-hydrogen) atoms. The molecule has 1 aliphatic heterocycles. The van der Waals surface area contributed by atoms with E-state index in [-0.39, 0.29) is 5.56 Å². The lowest BCUT2D eigenvalue weighted by Crippen LogP contribution is -2.27. The van der Waals surface area contributed by atoms with Gasteiger partial charge in [-0.2, -0.15) is 5.10 Å². The van der Waals surface area contributed by atoms with Gasteiger partial charge in [0.05, 0.1) is 28.8 Å². The van der Waals surface area contributed by atoms with Crippen LogP contribution in [0, 0.1) is 13.8 Å². The standard InChI is InChI=1S/C21H22N6O/c1-13-11-27-19(14(2)23-13)9-18(25-27)17-10-21(28)26-12-16(3-4-20(26)24-17)15-5-7-22-8-6-15/h3-4,9-12,15,22H,5-8H2,1-2H3. The zero-order chi connectivity index (χ0) is 19.3. The fourth-order valence-corrected chi connectivity index (χ4v) is 4.06. The van der Waals surface area contributed by atoms with Crippen molar-refractivity contribution in [3.8, 4) is 11.4 Å². The maximum Gasteiger partial charge on any atom is 0.258 e. The normalized spacial score (nSPS) is 15.5. The van der Waals surface area contributed by atoms with E-state index in [2.05, 4.69) is 21.5 Å². The first kappa shape index (κ1) is 17.1. The van der Waals surface area contributed by atoms with Gasteiger partial charge in [0.15, 0.2) is 0 Å². The van der Waals surface area contributed by atoms with E-state index in [1.807, 2.05) is 38.4 Å². The van der Waals surface area contributed by atoms with Crippen molar-refractivity contribution in [2.75, 3.05) is 13.1 Å². The molecule has 1 N–H and O–H groups in total. The summed E-state index contributed by atoms with van der Waals surface area (Å²) in [5, 5.41) is 7.99. The van der Waals surface area contributed by atoms with Crippen LogP contribution in [0.4, 0.5) is 0 Å². The molecule has 5 heterocycles. The largest absolute Gasteiger partial charge is 0.317 e. The van der Waals surface area contributed by atoms with Crippen LogP contribution in [0.3, 0.4) is 0 Å².